The molecule has 2 aliphatic rings. The molecule has 1 aromatic rings. The number of amides is 1. The van der Waals surface area contributed by atoms with Gasteiger partial charge in [-0.1, -0.05) is 12.2 Å². The number of benzene rings is 1. The maximum atomic E-state index is 13.1. The van der Waals surface area contributed by atoms with Crippen LogP contribution in [0, 0.1) is 0 Å². The van der Waals surface area contributed by atoms with Crippen molar-refractivity contribution in [3.63, 3.8) is 0 Å². The highest BCUT2D eigenvalue weighted by Gasteiger charge is 2.43. The Morgan fingerprint density at radius 3 is 2.32 bits per heavy atom. The smallest absolute Gasteiger partial charge is 0.416 e. The van der Waals surface area contributed by atoms with Crippen molar-refractivity contribution in [2.24, 2.45) is 0 Å². The van der Waals surface area contributed by atoms with Crippen LogP contribution in [0.2, 0.25) is 0 Å². The lowest BCUT2D eigenvalue weighted by Crippen LogP contribution is -2.59. The third-order valence-corrected chi connectivity index (χ3v) is 4.95. The molecule has 0 unspecified atom stereocenters. The first kappa shape index (κ1) is 19.9. The minimum absolute atomic E-state index is 0.0901. The number of hydrogen-bond donors (Lipinski definition) is 2. The number of Topliss-reactive ketones (excluding diaryl/α,β-unsaturated/α-hetero) is 1. The van der Waals surface area contributed by atoms with Crippen LogP contribution in [-0.4, -0.2) is 45.8 Å². The Morgan fingerprint density at radius 2 is 1.71 bits per heavy atom. The molecule has 0 bridgehead atoms. The Kier molecular flexibility index (Phi) is 5.44. The second kappa shape index (κ2) is 7.65. The number of rotatable bonds is 3. The van der Waals surface area contributed by atoms with Gasteiger partial charge in [0.25, 0.3) is 0 Å². The highest BCUT2D eigenvalue weighted by atomic mass is 19.4. The van der Waals surface area contributed by atoms with Crippen molar-refractivity contribution in [1.29, 1.82) is 0 Å². The van der Waals surface area contributed by atoms with Gasteiger partial charge in [-0.15, -0.1) is 0 Å². The zero-order chi connectivity index (χ0) is 20.5. The molecule has 2 N–H and O–H groups in total. The van der Waals surface area contributed by atoms with E-state index in [1.54, 1.807) is 12.2 Å². The normalized spacial score (nSPS) is 26.8. The number of carboxylic acids is 1. The molecule has 0 aliphatic carbocycles. The number of carboxylic acid groups (broad SMARTS) is 1. The van der Waals surface area contributed by atoms with Gasteiger partial charge in [0.1, 0.15) is 17.9 Å². The molecule has 1 saturated heterocycles. The molecule has 1 amide bonds. The van der Waals surface area contributed by atoms with Crippen molar-refractivity contribution in [2.75, 3.05) is 5.32 Å². The number of aliphatic carboxylic acids is 1. The molecule has 2 aliphatic heterocycles. The standard InChI is InChI=1S/C19H19F3N2O4/c20-19(21,22)11-5-7-12(8-6-11)23-15-4-2-1-3-13-9-14(25)10-16(18(27)28)24(13)17(15)26/h1-2,5-8,13,15-16,23H,3-4,9-10H2,(H,27,28)/b2-1-/t13-,15-,16-/m0/s1. The van der Waals surface area contributed by atoms with E-state index in [9.17, 15) is 32.7 Å². The van der Waals surface area contributed by atoms with Gasteiger partial charge in [-0.05, 0) is 37.1 Å². The van der Waals surface area contributed by atoms with E-state index in [1.165, 1.54) is 17.0 Å². The summed E-state index contributed by atoms with van der Waals surface area (Å²) < 4.78 is 38.1. The van der Waals surface area contributed by atoms with Gasteiger partial charge in [-0.25, -0.2) is 4.79 Å². The van der Waals surface area contributed by atoms with Gasteiger partial charge in [-0.2, -0.15) is 13.2 Å². The first-order chi connectivity index (χ1) is 13.2. The quantitative estimate of drug-likeness (QED) is 0.768. The highest BCUT2D eigenvalue weighted by molar-refractivity contribution is 5.95. The van der Waals surface area contributed by atoms with Gasteiger partial charge in [0.05, 0.1) is 5.56 Å². The summed E-state index contributed by atoms with van der Waals surface area (Å²) in [6.45, 7) is 0. The number of ketones is 1. The van der Waals surface area contributed by atoms with E-state index in [0.29, 0.717) is 12.1 Å². The number of halogens is 3. The second-order valence-corrected chi connectivity index (χ2v) is 6.92. The average molecular weight is 396 g/mol. The van der Waals surface area contributed by atoms with Crippen LogP contribution < -0.4 is 5.32 Å². The van der Waals surface area contributed by atoms with Crippen molar-refractivity contribution >= 4 is 23.3 Å². The van der Waals surface area contributed by atoms with E-state index in [2.05, 4.69) is 5.32 Å². The molecule has 3 rings (SSSR count). The average Bonchev–Trinajstić information content (AvgIpc) is 2.61. The third kappa shape index (κ3) is 4.18. The van der Waals surface area contributed by atoms with E-state index in [0.717, 1.165) is 12.1 Å². The molecule has 150 valence electrons. The van der Waals surface area contributed by atoms with E-state index >= 15 is 0 Å². The van der Waals surface area contributed by atoms with E-state index in [4.69, 9.17) is 0 Å². The number of nitrogens with zero attached hydrogens (tertiary/aromatic N) is 1. The third-order valence-electron chi connectivity index (χ3n) is 4.95. The lowest BCUT2D eigenvalue weighted by Gasteiger charge is -2.41. The largest absolute Gasteiger partial charge is 0.480 e. The van der Waals surface area contributed by atoms with Crippen LogP contribution in [0.1, 0.15) is 31.2 Å². The Balaban J connectivity index is 1.84. The molecule has 2 heterocycles. The predicted molar refractivity (Wildman–Crippen MR) is 93.5 cm³/mol. The molecule has 6 nitrogen and oxygen atoms in total. The number of hydrogen-bond acceptors (Lipinski definition) is 4. The Morgan fingerprint density at radius 1 is 1.07 bits per heavy atom. The number of anilines is 1. The molecule has 0 aromatic heterocycles. The van der Waals surface area contributed by atoms with E-state index in [-0.39, 0.29) is 25.0 Å². The van der Waals surface area contributed by atoms with Crippen molar-refractivity contribution in [3.8, 4) is 0 Å². The summed E-state index contributed by atoms with van der Waals surface area (Å²) in [4.78, 5) is 37.8. The van der Waals surface area contributed by atoms with Crippen LogP contribution in [0.3, 0.4) is 0 Å². The summed E-state index contributed by atoms with van der Waals surface area (Å²) in [6, 6.07) is 1.66. The number of piperidine rings is 1. The van der Waals surface area contributed by atoms with Gasteiger partial charge in [0.2, 0.25) is 5.91 Å². The number of carbonyl (C=O) groups is 3. The van der Waals surface area contributed by atoms with Crippen LogP contribution in [0.15, 0.2) is 36.4 Å². The lowest BCUT2D eigenvalue weighted by atomic mass is 9.89. The van der Waals surface area contributed by atoms with Gasteiger partial charge in [-0.3, -0.25) is 9.59 Å². The van der Waals surface area contributed by atoms with Gasteiger partial charge >= 0.3 is 12.1 Å². The maximum Gasteiger partial charge on any atom is 0.416 e. The SMILES string of the molecule is O=C1C[C@@H]2C/C=C\C[C@H](Nc3ccc(C(F)(F)F)cc3)C(=O)N2[C@H](C(=O)O)C1. The summed E-state index contributed by atoms with van der Waals surface area (Å²) in [6.07, 6.45) is -0.423. The molecule has 9 heteroatoms. The first-order valence-corrected chi connectivity index (χ1v) is 8.82. The fourth-order valence-electron chi connectivity index (χ4n) is 3.59. The summed E-state index contributed by atoms with van der Waals surface area (Å²) in [5, 5.41) is 12.4. The summed E-state index contributed by atoms with van der Waals surface area (Å²) in [5.41, 5.74) is -0.487. The summed E-state index contributed by atoms with van der Waals surface area (Å²) in [5.74, 6) is -1.93. The Bertz CT molecular complexity index is 804. The van der Waals surface area contributed by atoms with Gasteiger partial charge in [0.15, 0.2) is 0 Å². The lowest BCUT2D eigenvalue weighted by molar-refractivity contribution is -0.158. The van der Waals surface area contributed by atoms with Crippen molar-refractivity contribution < 1.29 is 32.7 Å². The Labute approximate surface area is 159 Å². The van der Waals surface area contributed by atoms with Gasteiger partial charge < -0.3 is 15.3 Å². The predicted octanol–water partition coefficient (Wildman–Crippen LogP) is 2.85. The first-order valence-electron chi connectivity index (χ1n) is 8.82. The molecular formula is C19H19F3N2O4. The molecule has 0 radical (unpaired) electrons. The number of nitrogens with one attached hydrogen (secondary N) is 1. The fraction of sp³-hybridized carbons (Fsp3) is 0.421. The van der Waals surface area contributed by atoms with E-state index in [1.807, 2.05) is 0 Å². The minimum Gasteiger partial charge on any atom is -0.480 e. The highest BCUT2D eigenvalue weighted by Crippen LogP contribution is 2.31. The van der Waals surface area contributed by atoms with Crippen molar-refractivity contribution in [2.45, 2.75) is 50.0 Å². The number of fused-ring (bicyclic) bond motifs is 1. The molecule has 0 saturated carbocycles. The minimum atomic E-state index is -4.46. The summed E-state index contributed by atoms with van der Waals surface area (Å²) >= 11 is 0. The molecule has 28 heavy (non-hydrogen) atoms. The topological polar surface area (TPSA) is 86.7 Å². The van der Waals surface area contributed by atoms with Crippen LogP contribution in [0.5, 0.6) is 0 Å². The fourth-order valence-corrected chi connectivity index (χ4v) is 3.59. The zero-order valence-corrected chi connectivity index (χ0v) is 14.8. The van der Waals surface area contributed by atoms with Crippen LogP contribution in [0.25, 0.3) is 0 Å². The van der Waals surface area contributed by atoms with Gasteiger partial charge in [0, 0.05) is 24.6 Å². The van der Waals surface area contributed by atoms with Crippen LogP contribution >= 0.6 is 0 Å². The van der Waals surface area contributed by atoms with Crippen LogP contribution in [0.4, 0.5) is 18.9 Å². The number of alkyl halides is 3. The van der Waals surface area contributed by atoms with Crippen molar-refractivity contribution in [1.82, 2.24) is 4.90 Å². The second-order valence-electron chi connectivity index (χ2n) is 6.92. The molecule has 3 atom stereocenters. The maximum absolute atomic E-state index is 13.1. The van der Waals surface area contributed by atoms with E-state index < -0.39 is 41.7 Å². The zero-order valence-electron chi connectivity index (χ0n) is 14.8. The Hall–Kier alpha value is -2.84. The van der Waals surface area contributed by atoms with Crippen molar-refractivity contribution in [3.05, 3.63) is 42.0 Å². The summed E-state index contributed by atoms with van der Waals surface area (Å²) in [7, 11) is 0. The molecule has 1 aromatic carbocycles. The molecular weight excluding hydrogens is 377 g/mol. The van der Waals surface area contributed by atoms with Crippen LogP contribution in [-0.2, 0) is 20.6 Å². The molecule has 1 fully saturated rings. The molecule has 0 spiro atoms. The monoisotopic (exact) mass is 396 g/mol. The number of carbonyl (C=O) groups excluding carboxylic acids is 2.